The largest absolute Gasteiger partial charge is 0.497 e. The highest BCUT2D eigenvalue weighted by Crippen LogP contribution is 2.54. The van der Waals surface area contributed by atoms with Crippen LogP contribution in [0.3, 0.4) is 0 Å². The molecule has 1 aliphatic carbocycles. The fourth-order valence-corrected chi connectivity index (χ4v) is 4.04. The number of hydrogen-bond donors (Lipinski definition) is 3. The van der Waals surface area contributed by atoms with Gasteiger partial charge in [0.15, 0.2) is 0 Å². The van der Waals surface area contributed by atoms with Crippen LogP contribution in [-0.2, 0) is 16.0 Å². The summed E-state index contributed by atoms with van der Waals surface area (Å²) in [6.45, 7) is 1.31. The number of hydrogen-bond acceptors (Lipinski definition) is 5. The molecule has 7 heteroatoms. The third kappa shape index (κ3) is 3.99. The quantitative estimate of drug-likeness (QED) is 0.519. The van der Waals surface area contributed by atoms with E-state index in [-0.39, 0.29) is 11.3 Å². The molecule has 7 nitrogen and oxygen atoms in total. The first-order chi connectivity index (χ1) is 12.5. The summed E-state index contributed by atoms with van der Waals surface area (Å²) in [5.41, 5.74) is 2.99. The Balaban J connectivity index is 1.58. The predicted molar refractivity (Wildman–Crippen MR) is 95.8 cm³/mol. The summed E-state index contributed by atoms with van der Waals surface area (Å²) >= 11 is 0. The molecule has 2 atom stereocenters. The lowest BCUT2D eigenvalue weighted by molar-refractivity contribution is -0.145. The average molecular weight is 361 g/mol. The highest BCUT2D eigenvalue weighted by Gasteiger charge is 2.54. The molecule has 0 unspecified atom stereocenters. The molecule has 2 aliphatic rings. The summed E-state index contributed by atoms with van der Waals surface area (Å²) in [5.74, 6) is -0.362. The van der Waals surface area contributed by atoms with E-state index >= 15 is 0 Å². The summed E-state index contributed by atoms with van der Waals surface area (Å²) in [5, 5.41) is 12.0. The van der Waals surface area contributed by atoms with Crippen LogP contribution in [0.5, 0.6) is 5.75 Å². The van der Waals surface area contributed by atoms with Crippen LogP contribution in [0.15, 0.2) is 24.3 Å². The van der Waals surface area contributed by atoms with E-state index in [1.54, 1.807) is 12.6 Å². The summed E-state index contributed by atoms with van der Waals surface area (Å²) in [7, 11) is 3.51. The van der Waals surface area contributed by atoms with Crippen molar-refractivity contribution in [1.29, 1.82) is 0 Å². The van der Waals surface area contributed by atoms with Gasteiger partial charge in [-0.1, -0.05) is 12.1 Å². The highest BCUT2D eigenvalue weighted by molar-refractivity contribution is 5.90. The van der Waals surface area contributed by atoms with Crippen molar-refractivity contribution in [3.63, 3.8) is 0 Å². The Hall–Kier alpha value is -2.12. The van der Waals surface area contributed by atoms with Crippen LogP contribution in [0, 0.1) is 11.3 Å². The molecule has 1 heterocycles. The standard InChI is InChI=1S/C19H27N3O4/c1-22-12-19(8-9-19)11-15(17(23)21-25)16(22)18(24)20-10-7-13-3-5-14(26-2)6-4-13/h3-6,15-16,25H,7-12H2,1-2H3,(H,20,24)(H,21,23)/t15-,16-/m0/s1. The van der Waals surface area contributed by atoms with Crippen LogP contribution in [0.2, 0.25) is 0 Å². The van der Waals surface area contributed by atoms with Gasteiger partial charge in [0.05, 0.1) is 13.0 Å². The highest BCUT2D eigenvalue weighted by atomic mass is 16.5. The summed E-state index contributed by atoms with van der Waals surface area (Å²) in [6, 6.07) is 7.17. The van der Waals surface area contributed by atoms with Gasteiger partial charge in [0, 0.05) is 13.1 Å². The number of piperidine rings is 1. The van der Waals surface area contributed by atoms with Crippen LogP contribution in [0.4, 0.5) is 0 Å². The van der Waals surface area contributed by atoms with Crippen LogP contribution in [0.25, 0.3) is 0 Å². The van der Waals surface area contributed by atoms with Crippen molar-refractivity contribution in [3.8, 4) is 5.75 Å². The van der Waals surface area contributed by atoms with Crippen LogP contribution in [-0.4, -0.2) is 55.2 Å². The van der Waals surface area contributed by atoms with Gasteiger partial charge in [0.2, 0.25) is 11.8 Å². The van der Waals surface area contributed by atoms with Crippen molar-refractivity contribution in [3.05, 3.63) is 29.8 Å². The number of carbonyl (C=O) groups excluding carboxylic acids is 2. The Bertz CT molecular complexity index is 657. The van der Waals surface area contributed by atoms with Crippen molar-refractivity contribution in [1.82, 2.24) is 15.7 Å². The minimum Gasteiger partial charge on any atom is -0.497 e. The van der Waals surface area contributed by atoms with Crippen molar-refractivity contribution >= 4 is 11.8 Å². The maximum atomic E-state index is 12.7. The van der Waals surface area contributed by atoms with E-state index in [4.69, 9.17) is 9.94 Å². The zero-order valence-electron chi connectivity index (χ0n) is 15.3. The maximum absolute atomic E-state index is 12.7. The lowest BCUT2D eigenvalue weighted by atomic mass is 9.80. The molecule has 0 aromatic heterocycles. The summed E-state index contributed by atoms with van der Waals surface area (Å²) in [4.78, 5) is 26.8. The van der Waals surface area contributed by atoms with Gasteiger partial charge >= 0.3 is 0 Å². The third-order valence-electron chi connectivity index (χ3n) is 5.64. The number of amides is 2. The number of methoxy groups -OCH3 is 1. The third-order valence-corrected chi connectivity index (χ3v) is 5.64. The molecule has 26 heavy (non-hydrogen) atoms. The summed E-state index contributed by atoms with van der Waals surface area (Å²) in [6.07, 6.45) is 3.52. The first kappa shape index (κ1) is 18.7. The number of nitrogens with zero attached hydrogens (tertiary/aromatic N) is 1. The Kier molecular flexibility index (Phi) is 5.48. The molecule has 2 amide bonds. The molecule has 1 aromatic rings. The normalized spacial score (nSPS) is 24.1. The number of carbonyl (C=O) groups is 2. The van der Waals surface area contributed by atoms with E-state index in [2.05, 4.69) is 5.32 Å². The number of benzene rings is 1. The van der Waals surface area contributed by atoms with E-state index in [1.807, 2.05) is 36.2 Å². The van der Waals surface area contributed by atoms with Gasteiger partial charge in [-0.25, -0.2) is 5.48 Å². The second-order valence-electron chi connectivity index (χ2n) is 7.54. The monoisotopic (exact) mass is 361 g/mol. The molecule has 3 N–H and O–H groups in total. The van der Waals surface area contributed by atoms with E-state index < -0.39 is 17.9 Å². The number of nitrogens with one attached hydrogen (secondary N) is 2. The van der Waals surface area contributed by atoms with Gasteiger partial charge in [-0.3, -0.25) is 19.7 Å². The minimum atomic E-state index is -0.552. The smallest absolute Gasteiger partial charge is 0.248 e. The van der Waals surface area contributed by atoms with E-state index in [0.717, 1.165) is 30.7 Å². The zero-order valence-corrected chi connectivity index (χ0v) is 15.3. The van der Waals surface area contributed by atoms with E-state index in [9.17, 15) is 9.59 Å². The molecule has 2 fully saturated rings. The summed E-state index contributed by atoms with van der Waals surface area (Å²) < 4.78 is 5.14. The molecule has 0 radical (unpaired) electrons. The molecule has 3 rings (SSSR count). The topological polar surface area (TPSA) is 90.9 Å². The van der Waals surface area contributed by atoms with Gasteiger partial charge in [-0.15, -0.1) is 0 Å². The molecule has 1 spiro atoms. The van der Waals surface area contributed by atoms with E-state index in [1.165, 1.54) is 0 Å². The maximum Gasteiger partial charge on any atom is 0.248 e. The van der Waals surface area contributed by atoms with Crippen molar-refractivity contribution in [2.24, 2.45) is 11.3 Å². The Labute approximate surface area is 153 Å². The molecule has 1 saturated heterocycles. The van der Waals surface area contributed by atoms with Gasteiger partial charge in [-0.05, 0) is 55.8 Å². The van der Waals surface area contributed by atoms with Gasteiger partial charge in [-0.2, -0.15) is 0 Å². The molecular weight excluding hydrogens is 334 g/mol. The second kappa shape index (κ2) is 7.63. The molecular formula is C19H27N3O4. The van der Waals surface area contributed by atoms with Crippen LogP contribution >= 0.6 is 0 Å². The molecule has 142 valence electrons. The predicted octanol–water partition coefficient (Wildman–Crippen LogP) is 0.960. The number of likely N-dealkylation sites (tertiary alicyclic amines) is 1. The van der Waals surface area contributed by atoms with Crippen LogP contribution < -0.4 is 15.5 Å². The molecule has 1 aromatic carbocycles. The molecule has 1 aliphatic heterocycles. The minimum absolute atomic E-state index is 0.145. The average Bonchev–Trinajstić information content (AvgIpc) is 3.39. The number of rotatable bonds is 6. The fraction of sp³-hybridized carbons (Fsp3) is 0.579. The van der Waals surface area contributed by atoms with Gasteiger partial charge in [0.1, 0.15) is 11.8 Å². The zero-order chi connectivity index (χ0) is 18.7. The first-order valence-electron chi connectivity index (χ1n) is 9.03. The Morgan fingerprint density at radius 3 is 2.54 bits per heavy atom. The number of likely N-dealkylation sites (N-methyl/N-ethyl adjacent to an activating group) is 1. The lowest BCUT2D eigenvalue weighted by Gasteiger charge is -2.41. The van der Waals surface area contributed by atoms with Crippen LogP contribution in [0.1, 0.15) is 24.8 Å². The second-order valence-corrected chi connectivity index (χ2v) is 7.54. The fourth-order valence-electron chi connectivity index (χ4n) is 4.04. The SMILES string of the molecule is COc1ccc(CCNC(=O)[C@@H]2[C@@H](C(=O)NO)CC3(CC3)CN2C)cc1. The van der Waals surface area contributed by atoms with Gasteiger partial charge in [0.25, 0.3) is 0 Å². The molecule has 0 bridgehead atoms. The number of ether oxygens (including phenoxy) is 1. The van der Waals surface area contributed by atoms with Gasteiger partial charge < -0.3 is 10.1 Å². The van der Waals surface area contributed by atoms with Crippen molar-refractivity contribution in [2.75, 3.05) is 27.2 Å². The Morgan fingerprint density at radius 2 is 1.96 bits per heavy atom. The lowest BCUT2D eigenvalue weighted by Crippen LogP contribution is -2.58. The Morgan fingerprint density at radius 1 is 1.27 bits per heavy atom. The van der Waals surface area contributed by atoms with Crippen molar-refractivity contribution in [2.45, 2.75) is 31.7 Å². The van der Waals surface area contributed by atoms with Crippen molar-refractivity contribution < 1.29 is 19.5 Å². The first-order valence-corrected chi connectivity index (χ1v) is 9.03. The number of hydroxylamine groups is 1. The molecule has 1 saturated carbocycles. The van der Waals surface area contributed by atoms with E-state index in [0.29, 0.717) is 19.4 Å².